The number of aromatic nitrogens is 3. The van der Waals surface area contributed by atoms with E-state index in [1.807, 2.05) is 36.4 Å². The Kier molecular flexibility index (Phi) is 3.31. The Morgan fingerprint density at radius 2 is 2.13 bits per heavy atom. The van der Waals surface area contributed by atoms with Crippen LogP contribution < -0.4 is 10.3 Å². The molecule has 114 valence electrons. The van der Waals surface area contributed by atoms with Crippen molar-refractivity contribution in [2.24, 2.45) is 0 Å². The maximum absolute atomic E-state index is 12.7. The van der Waals surface area contributed by atoms with E-state index in [2.05, 4.69) is 9.97 Å². The predicted octanol–water partition coefficient (Wildman–Crippen LogP) is 3.06. The lowest BCUT2D eigenvalue weighted by atomic mass is 10.2. The number of ether oxygens (including phenoxy) is 1. The van der Waals surface area contributed by atoms with Gasteiger partial charge in [0, 0.05) is 11.6 Å². The van der Waals surface area contributed by atoms with Gasteiger partial charge in [-0.05, 0) is 29.8 Å². The van der Waals surface area contributed by atoms with Gasteiger partial charge in [0.1, 0.15) is 15.3 Å². The second-order valence-corrected chi connectivity index (χ2v) is 6.16. The third kappa shape index (κ3) is 2.37. The summed E-state index contributed by atoms with van der Waals surface area (Å²) in [6, 6.07) is 11.5. The molecule has 0 aliphatic carbocycles. The van der Waals surface area contributed by atoms with Crippen LogP contribution in [0.3, 0.4) is 0 Å². The van der Waals surface area contributed by atoms with Gasteiger partial charge in [-0.25, -0.2) is 9.97 Å². The average Bonchev–Trinajstić information content (AvgIpc) is 2.97. The molecule has 23 heavy (non-hydrogen) atoms. The molecule has 0 aliphatic heterocycles. The monoisotopic (exact) mass is 323 g/mol. The van der Waals surface area contributed by atoms with Crippen molar-refractivity contribution in [3.05, 3.63) is 64.8 Å². The summed E-state index contributed by atoms with van der Waals surface area (Å²) < 4.78 is 7.48. The molecule has 0 fully saturated rings. The molecule has 0 saturated heterocycles. The molecule has 0 atom stereocenters. The zero-order chi connectivity index (χ0) is 15.8. The summed E-state index contributed by atoms with van der Waals surface area (Å²) in [7, 11) is 1.63. The molecule has 4 aromatic rings. The summed E-state index contributed by atoms with van der Waals surface area (Å²) in [5.41, 5.74) is 1.68. The lowest BCUT2D eigenvalue weighted by molar-refractivity contribution is 0.414. The number of fused-ring (bicyclic) bond motifs is 3. The summed E-state index contributed by atoms with van der Waals surface area (Å²) in [5.74, 6) is 0.774. The van der Waals surface area contributed by atoms with Crippen molar-refractivity contribution in [2.45, 2.75) is 6.54 Å². The molecule has 0 unspecified atom stereocenters. The summed E-state index contributed by atoms with van der Waals surface area (Å²) in [4.78, 5) is 22.4. The molecule has 0 radical (unpaired) electrons. The molecule has 3 aromatic heterocycles. The van der Waals surface area contributed by atoms with Gasteiger partial charge < -0.3 is 4.74 Å². The van der Waals surface area contributed by atoms with Crippen LogP contribution in [0.1, 0.15) is 5.56 Å². The number of hydrogen-bond donors (Lipinski definition) is 0. The SMILES string of the molecule is COc1cccc(Cn2cnc3c(sc4ncccc43)c2=O)c1. The van der Waals surface area contributed by atoms with Crippen LogP contribution in [0.2, 0.25) is 0 Å². The van der Waals surface area contributed by atoms with Gasteiger partial charge >= 0.3 is 0 Å². The summed E-state index contributed by atoms with van der Waals surface area (Å²) >= 11 is 1.39. The molecule has 6 heteroatoms. The van der Waals surface area contributed by atoms with E-state index in [-0.39, 0.29) is 5.56 Å². The Labute approximate surface area is 135 Å². The molecule has 0 N–H and O–H groups in total. The van der Waals surface area contributed by atoms with Crippen LogP contribution in [0, 0.1) is 0 Å². The number of pyridine rings is 1. The molecule has 3 heterocycles. The number of benzene rings is 1. The van der Waals surface area contributed by atoms with E-state index in [1.165, 1.54) is 11.3 Å². The molecule has 4 rings (SSSR count). The van der Waals surface area contributed by atoms with Crippen LogP contribution in [0.4, 0.5) is 0 Å². The van der Waals surface area contributed by atoms with Crippen LogP contribution in [0.15, 0.2) is 53.7 Å². The van der Waals surface area contributed by atoms with Gasteiger partial charge in [0.25, 0.3) is 5.56 Å². The molecule has 0 aliphatic rings. The van der Waals surface area contributed by atoms with Crippen molar-refractivity contribution >= 4 is 31.8 Å². The molecule has 0 amide bonds. The second kappa shape index (κ2) is 5.48. The van der Waals surface area contributed by atoms with Crippen LogP contribution in [-0.4, -0.2) is 21.6 Å². The number of rotatable bonds is 3. The van der Waals surface area contributed by atoms with E-state index in [9.17, 15) is 4.79 Å². The highest BCUT2D eigenvalue weighted by Gasteiger charge is 2.12. The molecular weight excluding hydrogens is 310 g/mol. The van der Waals surface area contributed by atoms with Gasteiger partial charge in [0.05, 0.1) is 25.5 Å². The van der Waals surface area contributed by atoms with Crippen molar-refractivity contribution in [1.29, 1.82) is 0 Å². The normalized spacial score (nSPS) is 11.2. The molecule has 1 aromatic carbocycles. The minimum atomic E-state index is -0.0409. The zero-order valence-electron chi connectivity index (χ0n) is 12.4. The molecule has 5 nitrogen and oxygen atoms in total. The first-order valence-corrected chi connectivity index (χ1v) is 7.93. The largest absolute Gasteiger partial charge is 0.497 e. The van der Waals surface area contributed by atoms with Crippen LogP contribution in [0.25, 0.3) is 20.4 Å². The average molecular weight is 323 g/mol. The number of thiophene rings is 1. The Morgan fingerprint density at radius 3 is 3.00 bits per heavy atom. The van der Waals surface area contributed by atoms with E-state index >= 15 is 0 Å². The van der Waals surface area contributed by atoms with Crippen molar-refractivity contribution < 1.29 is 4.74 Å². The highest BCUT2D eigenvalue weighted by molar-refractivity contribution is 7.25. The Morgan fingerprint density at radius 1 is 1.22 bits per heavy atom. The van der Waals surface area contributed by atoms with Gasteiger partial charge in [0.2, 0.25) is 0 Å². The van der Waals surface area contributed by atoms with Gasteiger partial charge in [-0.3, -0.25) is 9.36 Å². The van der Waals surface area contributed by atoms with Crippen LogP contribution >= 0.6 is 11.3 Å². The highest BCUT2D eigenvalue weighted by Crippen LogP contribution is 2.28. The maximum Gasteiger partial charge on any atom is 0.271 e. The zero-order valence-corrected chi connectivity index (χ0v) is 13.2. The maximum atomic E-state index is 12.7. The highest BCUT2D eigenvalue weighted by atomic mass is 32.1. The first-order valence-electron chi connectivity index (χ1n) is 7.12. The Hall–Kier alpha value is -2.73. The topological polar surface area (TPSA) is 57.0 Å². The van der Waals surface area contributed by atoms with E-state index in [0.717, 1.165) is 27.0 Å². The Balaban J connectivity index is 1.83. The molecule has 0 saturated carbocycles. The lowest BCUT2D eigenvalue weighted by Gasteiger charge is -2.07. The quantitative estimate of drug-likeness (QED) is 0.581. The lowest BCUT2D eigenvalue weighted by Crippen LogP contribution is -2.20. The van der Waals surface area contributed by atoms with Crippen LogP contribution in [-0.2, 0) is 6.54 Å². The van der Waals surface area contributed by atoms with Crippen molar-refractivity contribution in [3.63, 3.8) is 0 Å². The second-order valence-electron chi connectivity index (χ2n) is 5.17. The summed E-state index contributed by atoms with van der Waals surface area (Å²) in [5, 5.41) is 0.929. The predicted molar refractivity (Wildman–Crippen MR) is 91.3 cm³/mol. The first kappa shape index (κ1) is 13.9. The molecule has 0 bridgehead atoms. The van der Waals surface area contributed by atoms with Crippen LogP contribution in [0.5, 0.6) is 5.75 Å². The smallest absolute Gasteiger partial charge is 0.271 e. The van der Waals surface area contributed by atoms with Crippen molar-refractivity contribution in [1.82, 2.24) is 14.5 Å². The Bertz CT molecular complexity index is 1070. The van der Waals surface area contributed by atoms with Gasteiger partial charge in [-0.2, -0.15) is 0 Å². The van der Waals surface area contributed by atoms with E-state index < -0.39 is 0 Å². The number of hydrogen-bond acceptors (Lipinski definition) is 5. The minimum absolute atomic E-state index is 0.0409. The fraction of sp³-hybridized carbons (Fsp3) is 0.118. The van der Waals surface area contributed by atoms with E-state index in [4.69, 9.17) is 4.74 Å². The third-order valence-corrected chi connectivity index (χ3v) is 4.80. The van der Waals surface area contributed by atoms with E-state index in [0.29, 0.717) is 11.2 Å². The van der Waals surface area contributed by atoms with E-state index in [1.54, 1.807) is 24.2 Å². The van der Waals surface area contributed by atoms with Crippen molar-refractivity contribution in [2.75, 3.05) is 7.11 Å². The van der Waals surface area contributed by atoms with Crippen molar-refractivity contribution in [3.8, 4) is 5.75 Å². The third-order valence-electron chi connectivity index (χ3n) is 3.71. The number of methoxy groups -OCH3 is 1. The summed E-state index contributed by atoms with van der Waals surface area (Å²) in [6.07, 6.45) is 3.33. The first-order chi connectivity index (χ1) is 11.3. The van der Waals surface area contributed by atoms with Gasteiger partial charge in [-0.15, -0.1) is 11.3 Å². The fourth-order valence-electron chi connectivity index (χ4n) is 2.58. The van der Waals surface area contributed by atoms with Gasteiger partial charge in [0.15, 0.2) is 0 Å². The standard InChI is InChI=1S/C17H13N3O2S/c1-22-12-5-2-4-11(8-12)9-20-10-19-14-13-6-3-7-18-16(13)23-15(14)17(20)21/h2-8,10H,9H2,1H3. The minimum Gasteiger partial charge on any atom is -0.497 e. The fourth-order valence-corrected chi connectivity index (χ4v) is 3.63. The summed E-state index contributed by atoms with van der Waals surface area (Å²) in [6.45, 7) is 0.459. The van der Waals surface area contributed by atoms with Gasteiger partial charge in [-0.1, -0.05) is 12.1 Å². The molecular formula is C17H13N3O2S. The number of nitrogens with zero attached hydrogens (tertiary/aromatic N) is 3. The molecule has 0 spiro atoms.